The molecule has 2 aliphatic heterocycles. The van der Waals surface area contributed by atoms with Crippen LogP contribution < -0.4 is 10.1 Å². The first kappa shape index (κ1) is 16.8. The van der Waals surface area contributed by atoms with E-state index in [4.69, 9.17) is 4.74 Å². The van der Waals surface area contributed by atoms with E-state index in [0.29, 0.717) is 12.8 Å². The number of carbonyl (C=O) groups excluding carboxylic acids is 1. The van der Waals surface area contributed by atoms with Crippen molar-refractivity contribution >= 4 is 6.03 Å². The van der Waals surface area contributed by atoms with Crippen LogP contribution in [-0.2, 0) is 0 Å². The Morgan fingerprint density at radius 3 is 1.88 bits per heavy atom. The summed E-state index contributed by atoms with van der Waals surface area (Å²) in [6.07, 6.45) is 1.22. The second kappa shape index (κ2) is 6.10. The van der Waals surface area contributed by atoms with E-state index in [1.165, 1.54) is 7.05 Å². The predicted molar refractivity (Wildman–Crippen MR) is 73.0 cm³/mol. The molecule has 9 heteroatoms. The first-order valence-corrected chi connectivity index (χ1v) is 7.53. The molecule has 0 aliphatic carbocycles. The molecule has 1 aromatic rings. The molecule has 2 amide bonds. The van der Waals surface area contributed by atoms with Gasteiger partial charge in [-0.25, -0.2) is 18.0 Å². The lowest BCUT2D eigenvalue weighted by Crippen LogP contribution is -2.52. The van der Waals surface area contributed by atoms with Crippen LogP contribution in [0.5, 0.6) is 5.75 Å². The molecule has 24 heavy (non-hydrogen) atoms. The van der Waals surface area contributed by atoms with E-state index in [2.05, 4.69) is 5.32 Å². The van der Waals surface area contributed by atoms with Gasteiger partial charge in [0.1, 0.15) is 6.10 Å². The van der Waals surface area contributed by atoms with Crippen LogP contribution in [-0.4, -0.2) is 36.2 Å². The Kier molecular flexibility index (Phi) is 4.27. The number of nitrogens with zero attached hydrogens (tertiary/aromatic N) is 1. The molecule has 0 spiro atoms. The molecule has 2 saturated heterocycles. The normalized spacial score (nSPS) is 25.8. The summed E-state index contributed by atoms with van der Waals surface area (Å²) >= 11 is 0. The maximum Gasteiger partial charge on any atom is 0.317 e. The number of halogens is 5. The van der Waals surface area contributed by atoms with Crippen molar-refractivity contribution in [2.24, 2.45) is 0 Å². The number of carbonyl (C=O) groups is 1. The maximum atomic E-state index is 13.7. The van der Waals surface area contributed by atoms with Crippen molar-refractivity contribution < 1.29 is 31.5 Å². The highest BCUT2D eigenvalue weighted by atomic mass is 19.2. The SMILES string of the molecule is CNC(=O)N1[C@@H]2CC[C@H]1CC(Oc1c(F)c(F)c(F)c(F)c1F)C2. The highest BCUT2D eigenvalue weighted by Gasteiger charge is 2.44. The highest BCUT2D eigenvalue weighted by Crippen LogP contribution is 2.38. The second-order valence-corrected chi connectivity index (χ2v) is 5.96. The minimum Gasteiger partial charge on any atom is -0.484 e. The average molecular weight is 350 g/mol. The molecule has 1 N–H and O–H groups in total. The molecule has 0 aromatic heterocycles. The standard InChI is InChI=1S/C15H15F5N2O2/c1-21-15(23)22-6-2-3-7(22)5-8(4-6)24-14-12(19)10(17)9(16)11(18)13(14)20/h6-8H,2-5H2,1H3,(H,21,23)/t6-,7+,8?. The van der Waals surface area contributed by atoms with E-state index in [9.17, 15) is 26.7 Å². The van der Waals surface area contributed by atoms with Gasteiger partial charge in [0.2, 0.25) is 29.1 Å². The zero-order valence-corrected chi connectivity index (χ0v) is 12.7. The number of hydrogen-bond donors (Lipinski definition) is 1. The number of amides is 2. The first-order valence-electron chi connectivity index (χ1n) is 7.53. The van der Waals surface area contributed by atoms with E-state index in [1.807, 2.05) is 0 Å². The fourth-order valence-corrected chi connectivity index (χ4v) is 3.54. The minimum atomic E-state index is -2.22. The lowest BCUT2D eigenvalue weighted by molar-refractivity contribution is 0.0629. The molecule has 2 aliphatic rings. The van der Waals surface area contributed by atoms with Gasteiger partial charge in [-0.05, 0) is 12.8 Å². The molecule has 0 radical (unpaired) electrons. The van der Waals surface area contributed by atoms with Gasteiger partial charge in [0.25, 0.3) is 0 Å². The summed E-state index contributed by atoms with van der Waals surface area (Å²) < 4.78 is 72.1. The lowest BCUT2D eigenvalue weighted by atomic mass is 10.00. The van der Waals surface area contributed by atoms with Crippen molar-refractivity contribution in [2.45, 2.75) is 43.9 Å². The Morgan fingerprint density at radius 2 is 1.42 bits per heavy atom. The molecule has 2 bridgehead atoms. The van der Waals surface area contributed by atoms with Crippen LogP contribution >= 0.6 is 0 Å². The lowest BCUT2D eigenvalue weighted by Gasteiger charge is -2.38. The molecule has 1 unspecified atom stereocenters. The van der Waals surface area contributed by atoms with Gasteiger partial charge < -0.3 is 15.0 Å². The second-order valence-electron chi connectivity index (χ2n) is 5.96. The molecule has 2 heterocycles. The van der Waals surface area contributed by atoms with Crippen molar-refractivity contribution in [1.82, 2.24) is 10.2 Å². The molecule has 3 rings (SSSR count). The highest BCUT2D eigenvalue weighted by molar-refractivity contribution is 5.75. The third-order valence-electron chi connectivity index (χ3n) is 4.59. The summed E-state index contributed by atoms with van der Waals surface area (Å²) in [5, 5.41) is 2.52. The molecule has 2 fully saturated rings. The quantitative estimate of drug-likeness (QED) is 0.506. The number of nitrogens with one attached hydrogen (secondary N) is 1. The van der Waals surface area contributed by atoms with E-state index in [0.717, 1.165) is 0 Å². The predicted octanol–water partition coefficient (Wildman–Crippen LogP) is 3.10. The van der Waals surface area contributed by atoms with Gasteiger partial charge >= 0.3 is 6.03 Å². The number of hydrogen-bond acceptors (Lipinski definition) is 2. The molecular formula is C15H15F5N2O2. The maximum absolute atomic E-state index is 13.7. The van der Waals surface area contributed by atoms with Gasteiger partial charge in [-0.3, -0.25) is 0 Å². The molecule has 3 atom stereocenters. The van der Waals surface area contributed by atoms with E-state index in [1.54, 1.807) is 4.90 Å². The van der Waals surface area contributed by atoms with Crippen molar-refractivity contribution in [2.75, 3.05) is 7.05 Å². The molecule has 132 valence electrons. The number of benzene rings is 1. The monoisotopic (exact) mass is 350 g/mol. The summed E-state index contributed by atoms with van der Waals surface area (Å²) in [6, 6.07) is -0.623. The van der Waals surface area contributed by atoms with Crippen molar-refractivity contribution in [3.05, 3.63) is 29.1 Å². The average Bonchev–Trinajstić information content (AvgIpc) is 2.85. The zero-order chi connectivity index (χ0) is 17.6. The first-order chi connectivity index (χ1) is 11.3. The summed E-state index contributed by atoms with van der Waals surface area (Å²) in [5.74, 6) is -11.5. The Morgan fingerprint density at radius 1 is 0.958 bits per heavy atom. The Balaban J connectivity index is 1.81. The fourth-order valence-electron chi connectivity index (χ4n) is 3.54. The van der Waals surface area contributed by atoms with Crippen LogP contribution in [0, 0.1) is 29.1 Å². The van der Waals surface area contributed by atoms with E-state index in [-0.39, 0.29) is 31.0 Å². The van der Waals surface area contributed by atoms with E-state index >= 15 is 0 Å². The smallest absolute Gasteiger partial charge is 0.317 e. The van der Waals surface area contributed by atoms with Crippen molar-refractivity contribution in [1.29, 1.82) is 0 Å². The van der Waals surface area contributed by atoms with Gasteiger partial charge in [-0.1, -0.05) is 0 Å². The number of rotatable bonds is 2. The van der Waals surface area contributed by atoms with Crippen LogP contribution in [0.4, 0.5) is 26.7 Å². The van der Waals surface area contributed by atoms with Gasteiger partial charge in [-0.15, -0.1) is 0 Å². The van der Waals surface area contributed by atoms with Crippen LogP contribution in [0.1, 0.15) is 25.7 Å². The summed E-state index contributed by atoms with van der Waals surface area (Å²) in [6.45, 7) is 0. The van der Waals surface area contributed by atoms with Crippen molar-refractivity contribution in [3.8, 4) is 5.75 Å². The molecule has 0 saturated carbocycles. The van der Waals surface area contributed by atoms with E-state index < -0.39 is 40.9 Å². The van der Waals surface area contributed by atoms with Gasteiger partial charge in [0.05, 0.1) is 0 Å². The summed E-state index contributed by atoms with van der Waals surface area (Å²) in [5.41, 5.74) is 0. The van der Waals surface area contributed by atoms with Crippen molar-refractivity contribution in [3.63, 3.8) is 0 Å². The van der Waals surface area contributed by atoms with Gasteiger partial charge in [0.15, 0.2) is 5.75 Å². The number of piperidine rings is 1. The third-order valence-corrected chi connectivity index (χ3v) is 4.59. The Bertz CT molecular complexity index is 641. The van der Waals surface area contributed by atoms with Crippen LogP contribution in [0.25, 0.3) is 0 Å². The fraction of sp³-hybridized carbons (Fsp3) is 0.533. The summed E-state index contributed by atoms with van der Waals surface area (Å²) in [7, 11) is 1.50. The van der Waals surface area contributed by atoms with Crippen LogP contribution in [0.2, 0.25) is 0 Å². The van der Waals surface area contributed by atoms with Gasteiger partial charge in [-0.2, -0.15) is 8.78 Å². The Labute approximate surface area is 134 Å². The van der Waals surface area contributed by atoms with Crippen LogP contribution in [0.15, 0.2) is 0 Å². The van der Waals surface area contributed by atoms with Crippen LogP contribution in [0.3, 0.4) is 0 Å². The Hall–Kier alpha value is -2.06. The largest absolute Gasteiger partial charge is 0.484 e. The topological polar surface area (TPSA) is 41.6 Å². The number of fused-ring (bicyclic) bond motifs is 2. The molecule has 4 nitrogen and oxygen atoms in total. The molecular weight excluding hydrogens is 335 g/mol. The molecule has 1 aromatic carbocycles. The third kappa shape index (κ3) is 2.55. The number of urea groups is 1. The zero-order valence-electron chi connectivity index (χ0n) is 12.7. The van der Waals surface area contributed by atoms with Gasteiger partial charge in [0, 0.05) is 32.0 Å². The minimum absolute atomic E-state index is 0.185. The summed E-state index contributed by atoms with van der Waals surface area (Å²) in [4.78, 5) is 13.5. The number of ether oxygens (including phenoxy) is 1.